The van der Waals surface area contributed by atoms with Crippen LogP contribution in [0.1, 0.15) is 43.5 Å². The molecule has 1 atom stereocenters. The van der Waals surface area contributed by atoms with Crippen LogP contribution in [0.3, 0.4) is 0 Å². The number of amides is 3. The van der Waals surface area contributed by atoms with E-state index < -0.39 is 5.41 Å². The van der Waals surface area contributed by atoms with Crippen molar-refractivity contribution in [3.05, 3.63) is 59.9 Å². The maximum Gasteiger partial charge on any atom is 0.257 e. The highest BCUT2D eigenvalue weighted by Gasteiger charge is 2.43. The lowest BCUT2D eigenvalue weighted by molar-refractivity contribution is -0.132. The Bertz CT molecular complexity index is 1430. The van der Waals surface area contributed by atoms with E-state index >= 15 is 0 Å². The molecule has 2 aliphatic rings. The molecule has 0 radical (unpaired) electrons. The minimum Gasteiger partial charge on any atom is -0.493 e. The lowest BCUT2D eigenvalue weighted by Gasteiger charge is -2.33. The van der Waals surface area contributed by atoms with Crippen LogP contribution >= 0.6 is 0 Å². The standard InChI is InChI=1S/C31H40N8O5/c1-43-25-12-11-23-16-26(25)44-20-29(41)33-15-14-32-13-5-8-28(40)35-21-31(18-23,17-22-9-10-22)30(42)34-19-27-36-37-38-39(27)24-6-3-2-4-7-24/h2-4,6-7,11-12,16,22,32H,5,8-10,13-15,17-21H2,1H3,(H,33,41)(H,34,42)(H,35,40). The van der Waals surface area contributed by atoms with E-state index in [0.717, 1.165) is 24.1 Å². The third-order valence-corrected chi connectivity index (χ3v) is 7.93. The van der Waals surface area contributed by atoms with Crippen LogP contribution in [0.25, 0.3) is 5.69 Å². The molecule has 0 spiro atoms. The molecule has 4 N–H and O–H groups in total. The number of aromatic nitrogens is 4. The first kappa shape index (κ1) is 30.9. The number of ether oxygens (including phenoxy) is 2. The topological polar surface area (TPSA) is 161 Å². The number of hydrogen-bond acceptors (Lipinski definition) is 9. The predicted molar refractivity (Wildman–Crippen MR) is 161 cm³/mol. The molecule has 1 aliphatic carbocycles. The third-order valence-electron chi connectivity index (χ3n) is 7.93. The summed E-state index contributed by atoms with van der Waals surface area (Å²) in [6, 6.07) is 14.9. The van der Waals surface area contributed by atoms with Crippen LogP contribution in [0.15, 0.2) is 48.5 Å². The van der Waals surface area contributed by atoms with Crippen LogP contribution in [0, 0.1) is 11.3 Å². The van der Waals surface area contributed by atoms with Crippen LogP contribution in [-0.4, -0.2) is 77.8 Å². The van der Waals surface area contributed by atoms with Crippen molar-refractivity contribution in [3.8, 4) is 17.2 Å². The SMILES string of the molecule is COc1ccc2cc1OCC(=O)NCCNCCCC(=O)NCC(CC1CC1)(C(=O)NCc1nnnn1-c1ccccc1)C2. The summed E-state index contributed by atoms with van der Waals surface area (Å²) >= 11 is 0. The van der Waals surface area contributed by atoms with Crippen LogP contribution in [0.2, 0.25) is 0 Å². The molecule has 0 saturated heterocycles. The zero-order valence-electron chi connectivity index (χ0n) is 25.0. The fourth-order valence-corrected chi connectivity index (χ4v) is 5.44. The van der Waals surface area contributed by atoms with Crippen molar-refractivity contribution < 1.29 is 23.9 Å². The average Bonchev–Trinajstić information content (AvgIpc) is 3.73. The smallest absolute Gasteiger partial charge is 0.257 e. The number of fused-ring (bicyclic) bond motifs is 2. The molecule has 1 unspecified atom stereocenters. The Morgan fingerprint density at radius 2 is 1.93 bits per heavy atom. The van der Waals surface area contributed by atoms with E-state index in [9.17, 15) is 14.4 Å². The Morgan fingerprint density at radius 3 is 2.73 bits per heavy atom. The van der Waals surface area contributed by atoms with Crippen LogP contribution in [0.5, 0.6) is 11.5 Å². The summed E-state index contributed by atoms with van der Waals surface area (Å²) in [6.07, 6.45) is 3.98. The van der Waals surface area contributed by atoms with Crippen molar-refractivity contribution in [3.63, 3.8) is 0 Å². The van der Waals surface area contributed by atoms with E-state index in [4.69, 9.17) is 9.47 Å². The number of nitrogens with one attached hydrogen (secondary N) is 4. The summed E-state index contributed by atoms with van der Waals surface area (Å²) in [5, 5.41) is 24.3. The van der Waals surface area contributed by atoms with Crippen molar-refractivity contribution in [2.45, 2.75) is 45.1 Å². The molecule has 1 aliphatic heterocycles. The molecule has 234 valence electrons. The zero-order chi connectivity index (χ0) is 30.8. The van der Waals surface area contributed by atoms with E-state index in [1.807, 2.05) is 42.5 Å². The Hall–Kier alpha value is -4.52. The Balaban J connectivity index is 1.42. The maximum atomic E-state index is 14.3. The largest absolute Gasteiger partial charge is 0.493 e. The third kappa shape index (κ3) is 8.31. The van der Waals surface area contributed by atoms with Crippen molar-refractivity contribution in [1.29, 1.82) is 0 Å². The Morgan fingerprint density at radius 1 is 1.09 bits per heavy atom. The minimum atomic E-state index is -0.950. The van der Waals surface area contributed by atoms with Crippen LogP contribution in [0.4, 0.5) is 0 Å². The minimum absolute atomic E-state index is 0.110. The molecule has 1 saturated carbocycles. The highest BCUT2D eigenvalue weighted by atomic mass is 16.5. The average molecular weight is 605 g/mol. The normalized spacial score (nSPS) is 20.3. The van der Waals surface area contributed by atoms with E-state index in [1.54, 1.807) is 10.7 Å². The van der Waals surface area contributed by atoms with Gasteiger partial charge in [-0.15, -0.1) is 5.10 Å². The van der Waals surface area contributed by atoms with Gasteiger partial charge in [0.15, 0.2) is 23.9 Å². The summed E-state index contributed by atoms with van der Waals surface area (Å²) in [7, 11) is 1.54. The number of carbonyl (C=O) groups is 3. The number of methoxy groups -OCH3 is 1. The van der Waals surface area contributed by atoms with Gasteiger partial charge in [0.25, 0.3) is 5.91 Å². The number of para-hydroxylation sites is 1. The van der Waals surface area contributed by atoms with Gasteiger partial charge in [-0.25, -0.2) is 0 Å². The first-order valence-corrected chi connectivity index (χ1v) is 15.1. The maximum absolute atomic E-state index is 14.3. The molecule has 5 rings (SSSR count). The highest BCUT2D eigenvalue weighted by Crippen LogP contribution is 2.43. The summed E-state index contributed by atoms with van der Waals surface area (Å²) in [5.74, 6) is 1.21. The van der Waals surface area contributed by atoms with Gasteiger partial charge in [0.2, 0.25) is 11.8 Å². The molecule has 3 aromatic rings. The zero-order valence-corrected chi connectivity index (χ0v) is 25.0. The van der Waals surface area contributed by atoms with Crippen molar-refractivity contribution in [2.75, 3.05) is 39.9 Å². The van der Waals surface area contributed by atoms with Gasteiger partial charge in [0, 0.05) is 26.1 Å². The second-order valence-corrected chi connectivity index (χ2v) is 11.4. The van der Waals surface area contributed by atoms with E-state index in [1.165, 1.54) is 7.11 Å². The highest BCUT2D eigenvalue weighted by molar-refractivity contribution is 5.84. The number of nitrogens with zero attached hydrogens (tertiary/aromatic N) is 4. The molecule has 1 aromatic heterocycles. The summed E-state index contributed by atoms with van der Waals surface area (Å²) in [5.41, 5.74) is 0.659. The molecule has 3 amide bonds. The molecule has 2 bridgehead atoms. The molecule has 13 nitrogen and oxygen atoms in total. The van der Waals surface area contributed by atoms with Gasteiger partial charge in [-0.1, -0.05) is 37.1 Å². The van der Waals surface area contributed by atoms with Gasteiger partial charge < -0.3 is 30.7 Å². The van der Waals surface area contributed by atoms with Gasteiger partial charge in [-0.05, 0) is 72.0 Å². The monoisotopic (exact) mass is 604 g/mol. The van der Waals surface area contributed by atoms with E-state index in [0.29, 0.717) is 68.6 Å². The Kier molecular flexibility index (Phi) is 10.4. The fraction of sp³-hybridized carbons (Fsp3) is 0.484. The second kappa shape index (κ2) is 14.8. The van der Waals surface area contributed by atoms with E-state index in [2.05, 4.69) is 36.8 Å². The predicted octanol–water partition coefficient (Wildman–Crippen LogP) is 1.31. The molecule has 13 heteroatoms. The Labute approximate surface area is 256 Å². The van der Waals surface area contributed by atoms with Crippen LogP contribution in [-0.2, 0) is 27.3 Å². The summed E-state index contributed by atoms with van der Waals surface area (Å²) in [4.78, 5) is 39.6. The van der Waals surface area contributed by atoms with E-state index in [-0.39, 0.29) is 37.4 Å². The van der Waals surface area contributed by atoms with Crippen molar-refractivity contribution in [2.24, 2.45) is 11.3 Å². The number of carbonyl (C=O) groups excluding carboxylic acids is 3. The number of rotatable bonds is 7. The first-order valence-electron chi connectivity index (χ1n) is 15.1. The lowest BCUT2D eigenvalue weighted by atomic mass is 9.75. The van der Waals surface area contributed by atoms with Gasteiger partial charge in [0.1, 0.15) is 0 Å². The van der Waals surface area contributed by atoms with Crippen LogP contribution < -0.4 is 30.7 Å². The number of benzene rings is 2. The summed E-state index contributed by atoms with van der Waals surface area (Å²) < 4.78 is 12.9. The molecule has 2 aromatic carbocycles. The molecule has 2 heterocycles. The first-order chi connectivity index (χ1) is 21.5. The molecular weight excluding hydrogens is 564 g/mol. The van der Waals surface area contributed by atoms with Crippen molar-refractivity contribution >= 4 is 17.7 Å². The second-order valence-electron chi connectivity index (χ2n) is 11.4. The van der Waals surface area contributed by atoms with Gasteiger partial charge in [-0.2, -0.15) is 4.68 Å². The van der Waals surface area contributed by atoms with Gasteiger partial charge >= 0.3 is 0 Å². The molecular formula is C31H40N8O5. The van der Waals surface area contributed by atoms with Gasteiger partial charge in [-0.3, -0.25) is 14.4 Å². The number of tetrazole rings is 1. The van der Waals surface area contributed by atoms with Gasteiger partial charge in [0.05, 0.1) is 24.8 Å². The lowest BCUT2D eigenvalue weighted by Crippen LogP contribution is -2.50. The fourth-order valence-electron chi connectivity index (χ4n) is 5.44. The molecule has 44 heavy (non-hydrogen) atoms. The molecule has 1 fully saturated rings. The quantitative estimate of drug-likeness (QED) is 0.312. The summed E-state index contributed by atoms with van der Waals surface area (Å²) in [6.45, 7) is 1.77. The number of hydrogen-bond donors (Lipinski definition) is 4. The van der Waals surface area contributed by atoms with Crippen molar-refractivity contribution in [1.82, 2.24) is 41.5 Å².